The number of nitrogens with zero attached hydrogens (tertiary/aromatic N) is 2. The Balaban J connectivity index is 1.78. The van der Waals surface area contributed by atoms with Crippen molar-refractivity contribution in [3.63, 3.8) is 0 Å². The lowest BCUT2D eigenvalue weighted by atomic mass is 9.77. The van der Waals surface area contributed by atoms with Crippen LogP contribution in [-0.2, 0) is 6.54 Å². The van der Waals surface area contributed by atoms with Crippen LogP contribution in [0.15, 0.2) is 43.0 Å². The molecule has 142 valence electrons. The van der Waals surface area contributed by atoms with Crippen LogP contribution in [0.3, 0.4) is 0 Å². The molecule has 27 heavy (non-hydrogen) atoms. The van der Waals surface area contributed by atoms with Crippen molar-refractivity contribution in [2.45, 2.75) is 65.0 Å². The molecule has 3 heteroatoms. The number of hydrogen-bond acceptors (Lipinski definition) is 2. The minimum Gasteiger partial charge on any atom is -0.353 e. The molecule has 0 saturated heterocycles. The lowest BCUT2D eigenvalue weighted by Crippen LogP contribution is -2.20. The number of nitrogens with one attached hydrogen (secondary N) is 1. The van der Waals surface area contributed by atoms with Gasteiger partial charge in [-0.15, -0.1) is 0 Å². The van der Waals surface area contributed by atoms with Crippen molar-refractivity contribution in [1.29, 1.82) is 0 Å². The van der Waals surface area contributed by atoms with Crippen LogP contribution in [0.1, 0.15) is 68.0 Å². The molecule has 4 rings (SSSR count). The molecule has 0 bridgehead atoms. The normalized spacial score (nSPS) is 22.9. The van der Waals surface area contributed by atoms with Gasteiger partial charge in [-0.05, 0) is 30.9 Å². The third-order valence-electron chi connectivity index (χ3n) is 6.49. The van der Waals surface area contributed by atoms with E-state index in [-0.39, 0.29) is 5.92 Å². The number of rotatable bonds is 4. The molecule has 2 aromatic rings. The minimum atomic E-state index is 0.267. The number of anilines is 1. The van der Waals surface area contributed by atoms with Crippen molar-refractivity contribution in [2.75, 3.05) is 5.32 Å². The summed E-state index contributed by atoms with van der Waals surface area (Å²) in [5.74, 6) is 1.56. The fourth-order valence-corrected chi connectivity index (χ4v) is 4.48. The molecule has 1 saturated carbocycles. The smallest absolute Gasteiger partial charge is 0.204 e. The topological polar surface area (TPSA) is 29.9 Å². The maximum atomic E-state index is 5.07. The molecule has 0 radical (unpaired) electrons. The van der Waals surface area contributed by atoms with Crippen molar-refractivity contribution < 1.29 is 0 Å². The summed E-state index contributed by atoms with van der Waals surface area (Å²) in [7, 11) is 0. The molecule has 0 aliphatic heterocycles. The summed E-state index contributed by atoms with van der Waals surface area (Å²) >= 11 is 0. The van der Waals surface area contributed by atoms with Crippen LogP contribution in [0.5, 0.6) is 0 Å². The Labute approximate surface area is 163 Å². The quantitative estimate of drug-likeness (QED) is 0.685. The van der Waals surface area contributed by atoms with Gasteiger partial charge in [0.25, 0.3) is 0 Å². The predicted molar refractivity (Wildman–Crippen MR) is 114 cm³/mol. The fraction of sp³-hybridized carbons (Fsp3) is 0.458. The van der Waals surface area contributed by atoms with Crippen molar-refractivity contribution in [1.82, 2.24) is 9.55 Å². The summed E-state index contributed by atoms with van der Waals surface area (Å²) in [4.78, 5) is 5.07. The summed E-state index contributed by atoms with van der Waals surface area (Å²) in [6.45, 7) is 16.2. The number of aromatic nitrogens is 2. The predicted octanol–water partition coefficient (Wildman–Crippen LogP) is 5.92. The largest absolute Gasteiger partial charge is 0.353 e. The number of imidazole rings is 1. The number of hydrogen-bond donors (Lipinski definition) is 1. The molecule has 2 unspecified atom stereocenters. The van der Waals surface area contributed by atoms with E-state index >= 15 is 0 Å². The summed E-state index contributed by atoms with van der Waals surface area (Å²) in [6.07, 6.45) is 5.10. The lowest BCUT2D eigenvalue weighted by molar-refractivity contribution is 0.686. The second kappa shape index (κ2) is 7.03. The molecular formula is C24H31N3. The number of benzene rings is 1. The van der Waals surface area contributed by atoms with Crippen molar-refractivity contribution in [2.24, 2.45) is 5.92 Å². The molecule has 1 heterocycles. The fourth-order valence-electron chi connectivity index (χ4n) is 4.48. The Kier molecular flexibility index (Phi) is 4.71. The summed E-state index contributed by atoms with van der Waals surface area (Å²) < 4.78 is 2.36. The Hall–Kier alpha value is -2.29. The van der Waals surface area contributed by atoms with E-state index in [4.69, 9.17) is 4.98 Å². The van der Waals surface area contributed by atoms with Crippen LogP contribution < -0.4 is 5.32 Å². The van der Waals surface area contributed by atoms with Crippen LogP contribution in [-0.4, -0.2) is 15.6 Å². The van der Waals surface area contributed by atoms with Crippen molar-refractivity contribution in [3.05, 3.63) is 65.5 Å². The highest BCUT2D eigenvalue weighted by atomic mass is 15.2. The molecule has 1 aromatic carbocycles. The van der Waals surface area contributed by atoms with Crippen LogP contribution in [0.2, 0.25) is 0 Å². The van der Waals surface area contributed by atoms with Gasteiger partial charge in [0.1, 0.15) is 0 Å². The second-order valence-electron chi connectivity index (χ2n) is 8.41. The second-order valence-corrected chi connectivity index (χ2v) is 8.41. The lowest BCUT2D eigenvalue weighted by Gasteiger charge is -2.30. The first-order chi connectivity index (χ1) is 13.0. The average molecular weight is 362 g/mol. The molecule has 2 atom stereocenters. The summed E-state index contributed by atoms with van der Waals surface area (Å²) in [5, 5.41) is 3.75. The highest BCUT2D eigenvalue weighted by Crippen LogP contribution is 2.45. The highest BCUT2D eigenvalue weighted by molar-refractivity contribution is 5.73. The Morgan fingerprint density at radius 1 is 1.07 bits per heavy atom. The van der Waals surface area contributed by atoms with Gasteiger partial charge in [-0.25, -0.2) is 4.98 Å². The van der Waals surface area contributed by atoms with E-state index in [1.807, 2.05) is 0 Å². The van der Waals surface area contributed by atoms with E-state index < -0.39 is 0 Å². The Morgan fingerprint density at radius 2 is 1.74 bits per heavy atom. The molecule has 0 spiro atoms. The van der Waals surface area contributed by atoms with Gasteiger partial charge < -0.3 is 9.88 Å². The third-order valence-corrected chi connectivity index (χ3v) is 6.49. The standard InChI is InChI=1S/C24H31N3/c1-15-10-12-20(13-11-15)14-27-23-19(5)17(3)16(2)18(4)22(23)26-24(27)25-21-8-6-7-9-21/h10-13,17-18,21H,2,5-9,14H2,1,3-4H3,(H,25,26). The number of fused-ring (bicyclic) bond motifs is 1. The molecule has 1 N–H and O–H groups in total. The van der Waals surface area contributed by atoms with Crippen LogP contribution in [0.25, 0.3) is 5.57 Å². The van der Waals surface area contributed by atoms with E-state index in [9.17, 15) is 0 Å². The highest BCUT2D eigenvalue weighted by Gasteiger charge is 2.34. The maximum Gasteiger partial charge on any atom is 0.204 e. The van der Waals surface area contributed by atoms with Gasteiger partial charge in [0.05, 0.1) is 17.9 Å². The Morgan fingerprint density at radius 3 is 2.41 bits per heavy atom. The molecule has 3 nitrogen and oxygen atoms in total. The summed E-state index contributed by atoms with van der Waals surface area (Å²) in [6, 6.07) is 9.35. The van der Waals surface area contributed by atoms with E-state index in [2.05, 4.69) is 68.1 Å². The van der Waals surface area contributed by atoms with Crippen LogP contribution in [0.4, 0.5) is 5.95 Å². The van der Waals surface area contributed by atoms with E-state index in [1.165, 1.54) is 48.1 Å². The molecule has 2 aliphatic rings. The molecule has 2 aliphatic carbocycles. The van der Waals surface area contributed by atoms with Gasteiger partial charge in [0.2, 0.25) is 5.95 Å². The van der Waals surface area contributed by atoms with E-state index in [1.54, 1.807) is 0 Å². The average Bonchev–Trinajstić information content (AvgIpc) is 3.29. The first kappa shape index (κ1) is 18.1. The maximum absolute atomic E-state index is 5.07. The van der Waals surface area contributed by atoms with Gasteiger partial charge in [-0.3, -0.25) is 0 Å². The molecule has 0 amide bonds. The SMILES string of the molecule is C=C1c2c(nc(NC3CCCC3)n2Cc2ccc(C)cc2)C(C)C(=C)C1C. The first-order valence-electron chi connectivity index (χ1n) is 10.3. The van der Waals surface area contributed by atoms with Crippen LogP contribution >= 0.6 is 0 Å². The molecule has 1 fully saturated rings. The third kappa shape index (κ3) is 3.24. The zero-order valence-corrected chi connectivity index (χ0v) is 16.9. The number of allylic oxidation sites excluding steroid dienone is 2. The molecule has 1 aromatic heterocycles. The van der Waals surface area contributed by atoms with E-state index in [0.717, 1.165) is 23.8 Å². The van der Waals surface area contributed by atoms with Gasteiger partial charge in [0, 0.05) is 17.9 Å². The molecular weight excluding hydrogens is 330 g/mol. The zero-order valence-electron chi connectivity index (χ0n) is 16.9. The van der Waals surface area contributed by atoms with Crippen molar-refractivity contribution >= 4 is 11.5 Å². The van der Waals surface area contributed by atoms with Crippen molar-refractivity contribution in [3.8, 4) is 0 Å². The minimum absolute atomic E-state index is 0.267. The monoisotopic (exact) mass is 361 g/mol. The van der Waals surface area contributed by atoms with Gasteiger partial charge in [-0.1, -0.05) is 75.2 Å². The number of aryl methyl sites for hydroxylation is 1. The first-order valence-corrected chi connectivity index (χ1v) is 10.3. The van der Waals surface area contributed by atoms with Crippen LogP contribution in [0, 0.1) is 12.8 Å². The van der Waals surface area contributed by atoms with Gasteiger partial charge in [0.15, 0.2) is 0 Å². The zero-order chi connectivity index (χ0) is 19.1. The van der Waals surface area contributed by atoms with Gasteiger partial charge in [-0.2, -0.15) is 0 Å². The summed E-state index contributed by atoms with van der Waals surface area (Å²) in [5.41, 5.74) is 7.30. The van der Waals surface area contributed by atoms with Gasteiger partial charge >= 0.3 is 0 Å². The Bertz CT molecular complexity index is 866. The van der Waals surface area contributed by atoms with E-state index in [0.29, 0.717) is 12.0 Å².